The van der Waals surface area contributed by atoms with Crippen LogP contribution in [-0.2, 0) is 14.4 Å². The van der Waals surface area contributed by atoms with Gasteiger partial charge in [0.1, 0.15) is 6.04 Å². The lowest BCUT2D eigenvalue weighted by Crippen LogP contribution is -2.54. The Kier molecular flexibility index (Phi) is 3.99. The van der Waals surface area contributed by atoms with Crippen LogP contribution in [0.25, 0.3) is 0 Å². The van der Waals surface area contributed by atoms with Crippen LogP contribution < -0.4 is 5.32 Å². The molecule has 100 valence electrons. The van der Waals surface area contributed by atoms with Crippen LogP contribution in [0.15, 0.2) is 0 Å². The van der Waals surface area contributed by atoms with E-state index in [0.717, 1.165) is 30.6 Å². The summed E-state index contributed by atoms with van der Waals surface area (Å²) in [7, 11) is 1.48. The third-order valence-electron chi connectivity index (χ3n) is 3.94. The molecular weight excluding hydrogens is 232 g/mol. The zero-order valence-electron chi connectivity index (χ0n) is 10.8. The topological polar surface area (TPSA) is 66.5 Å². The van der Waals surface area contributed by atoms with Gasteiger partial charge in [0, 0.05) is 19.4 Å². The predicted octanol–water partition coefficient (Wildman–Crippen LogP) is 0.830. The van der Waals surface area contributed by atoms with E-state index >= 15 is 0 Å². The lowest BCUT2D eigenvalue weighted by atomic mass is 9.88. The van der Waals surface area contributed by atoms with Crippen LogP contribution in [0, 0.1) is 5.92 Å². The number of amides is 3. The molecule has 1 saturated carbocycles. The van der Waals surface area contributed by atoms with Crippen molar-refractivity contribution < 1.29 is 14.4 Å². The Morgan fingerprint density at radius 2 is 1.83 bits per heavy atom. The number of piperidine rings is 1. The normalized spacial score (nSPS) is 26.3. The largest absolute Gasteiger partial charge is 0.344 e. The van der Waals surface area contributed by atoms with E-state index < -0.39 is 6.04 Å². The third-order valence-corrected chi connectivity index (χ3v) is 3.94. The van der Waals surface area contributed by atoms with Gasteiger partial charge in [-0.3, -0.25) is 19.3 Å². The molecule has 1 atom stereocenters. The highest BCUT2D eigenvalue weighted by atomic mass is 16.2. The Balaban J connectivity index is 1.90. The molecule has 2 fully saturated rings. The summed E-state index contributed by atoms with van der Waals surface area (Å²) in [5, 5.41) is 2.81. The molecule has 5 nitrogen and oxygen atoms in total. The number of carbonyl (C=O) groups is 3. The SMILES string of the molecule is CN1C(=O)CCC(NC(=O)C2CCCCC2)C1=O. The lowest BCUT2D eigenvalue weighted by Gasteiger charge is -2.30. The van der Waals surface area contributed by atoms with Crippen LogP contribution in [0.2, 0.25) is 0 Å². The number of nitrogens with one attached hydrogen (secondary N) is 1. The molecule has 5 heteroatoms. The van der Waals surface area contributed by atoms with Crippen molar-refractivity contribution in [3.05, 3.63) is 0 Å². The van der Waals surface area contributed by atoms with E-state index in [2.05, 4.69) is 5.32 Å². The molecule has 1 aliphatic heterocycles. The summed E-state index contributed by atoms with van der Waals surface area (Å²) >= 11 is 0. The van der Waals surface area contributed by atoms with Crippen molar-refractivity contribution in [2.75, 3.05) is 7.05 Å². The first-order valence-electron chi connectivity index (χ1n) is 6.70. The molecule has 2 aliphatic rings. The van der Waals surface area contributed by atoms with Crippen molar-refractivity contribution >= 4 is 17.7 Å². The number of nitrogens with zero attached hydrogens (tertiary/aromatic N) is 1. The van der Waals surface area contributed by atoms with Gasteiger partial charge < -0.3 is 5.32 Å². The summed E-state index contributed by atoms with van der Waals surface area (Å²) in [5.74, 6) is -0.413. The lowest BCUT2D eigenvalue weighted by molar-refractivity contribution is -0.149. The maximum Gasteiger partial charge on any atom is 0.251 e. The summed E-state index contributed by atoms with van der Waals surface area (Å²) in [6, 6.07) is -0.512. The number of hydrogen-bond donors (Lipinski definition) is 1. The van der Waals surface area contributed by atoms with E-state index in [9.17, 15) is 14.4 Å². The minimum atomic E-state index is -0.512. The molecule has 1 N–H and O–H groups in total. The number of likely N-dealkylation sites (tertiary alicyclic amines) is 1. The van der Waals surface area contributed by atoms with Gasteiger partial charge in [-0.15, -0.1) is 0 Å². The second-order valence-corrected chi connectivity index (χ2v) is 5.23. The highest BCUT2D eigenvalue weighted by molar-refractivity contribution is 6.01. The third kappa shape index (κ3) is 2.71. The fourth-order valence-corrected chi connectivity index (χ4v) is 2.70. The van der Waals surface area contributed by atoms with E-state index in [1.165, 1.54) is 13.5 Å². The quantitative estimate of drug-likeness (QED) is 0.740. The van der Waals surface area contributed by atoms with E-state index in [0.29, 0.717) is 12.8 Å². The monoisotopic (exact) mass is 252 g/mol. The summed E-state index contributed by atoms with van der Waals surface area (Å²) < 4.78 is 0. The second kappa shape index (κ2) is 5.50. The first kappa shape index (κ1) is 13.1. The molecule has 0 bridgehead atoms. The fourth-order valence-electron chi connectivity index (χ4n) is 2.70. The molecule has 0 spiro atoms. The Morgan fingerprint density at radius 1 is 1.17 bits per heavy atom. The standard InChI is InChI=1S/C13H20N2O3/c1-15-11(16)8-7-10(13(15)18)14-12(17)9-5-3-2-4-6-9/h9-10H,2-8H2,1H3,(H,14,17). The summed E-state index contributed by atoms with van der Waals surface area (Å²) in [6.45, 7) is 0. The molecule has 0 radical (unpaired) electrons. The van der Waals surface area contributed by atoms with Crippen LogP contribution in [0.1, 0.15) is 44.9 Å². The molecule has 1 aliphatic carbocycles. The maximum absolute atomic E-state index is 12.0. The molecular formula is C13H20N2O3. The molecule has 0 aromatic carbocycles. The van der Waals surface area contributed by atoms with E-state index in [-0.39, 0.29) is 23.6 Å². The Morgan fingerprint density at radius 3 is 2.50 bits per heavy atom. The van der Waals surface area contributed by atoms with Gasteiger partial charge in [-0.1, -0.05) is 19.3 Å². The average Bonchev–Trinajstić information content (AvgIpc) is 2.40. The van der Waals surface area contributed by atoms with Crippen molar-refractivity contribution in [3.63, 3.8) is 0 Å². The van der Waals surface area contributed by atoms with Gasteiger partial charge >= 0.3 is 0 Å². The minimum Gasteiger partial charge on any atom is -0.344 e. The van der Waals surface area contributed by atoms with Crippen LogP contribution in [0.4, 0.5) is 0 Å². The second-order valence-electron chi connectivity index (χ2n) is 5.23. The molecule has 0 aromatic rings. The van der Waals surface area contributed by atoms with Crippen LogP contribution in [0.3, 0.4) is 0 Å². The van der Waals surface area contributed by atoms with Crippen molar-refractivity contribution in [2.24, 2.45) is 5.92 Å². The molecule has 3 amide bonds. The number of likely N-dealkylation sites (N-methyl/N-ethyl adjacent to an activating group) is 1. The summed E-state index contributed by atoms with van der Waals surface area (Å²) in [6.07, 6.45) is 5.98. The average molecular weight is 252 g/mol. The van der Waals surface area contributed by atoms with Crippen molar-refractivity contribution in [1.29, 1.82) is 0 Å². The van der Waals surface area contributed by atoms with Gasteiger partial charge in [0.05, 0.1) is 0 Å². The predicted molar refractivity (Wildman–Crippen MR) is 65.5 cm³/mol. The summed E-state index contributed by atoms with van der Waals surface area (Å²) in [4.78, 5) is 36.3. The van der Waals surface area contributed by atoms with E-state index in [4.69, 9.17) is 0 Å². The molecule has 0 aromatic heterocycles. The van der Waals surface area contributed by atoms with E-state index in [1.807, 2.05) is 0 Å². The van der Waals surface area contributed by atoms with Crippen LogP contribution in [0.5, 0.6) is 0 Å². The molecule has 2 rings (SSSR count). The van der Waals surface area contributed by atoms with Gasteiger partial charge in [-0.05, 0) is 19.3 Å². The van der Waals surface area contributed by atoms with Crippen molar-refractivity contribution in [2.45, 2.75) is 51.0 Å². The zero-order valence-corrected chi connectivity index (χ0v) is 10.8. The fraction of sp³-hybridized carbons (Fsp3) is 0.769. The number of rotatable bonds is 2. The first-order chi connectivity index (χ1) is 8.59. The van der Waals surface area contributed by atoms with Gasteiger partial charge in [0.15, 0.2) is 0 Å². The highest BCUT2D eigenvalue weighted by Gasteiger charge is 2.34. The molecule has 1 saturated heterocycles. The number of imide groups is 1. The zero-order chi connectivity index (χ0) is 13.1. The molecule has 18 heavy (non-hydrogen) atoms. The molecule has 1 heterocycles. The maximum atomic E-state index is 12.0. The van der Waals surface area contributed by atoms with Gasteiger partial charge in [-0.2, -0.15) is 0 Å². The molecule has 1 unspecified atom stereocenters. The Hall–Kier alpha value is -1.39. The minimum absolute atomic E-state index is 0.0178. The van der Waals surface area contributed by atoms with Gasteiger partial charge in [-0.25, -0.2) is 0 Å². The van der Waals surface area contributed by atoms with Crippen molar-refractivity contribution in [1.82, 2.24) is 10.2 Å². The number of hydrogen-bond acceptors (Lipinski definition) is 3. The smallest absolute Gasteiger partial charge is 0.251 e. The van der Waals surface area contributed by atoms with Gasteiger partial charge in [0.25, 0.3) is 5.91 Å². The Labute approximate surface area is 107 Å². The summed E-state index contributed by atoms with van der Waals surface area (Å²) in [5.41, 5.74) is 0. The van der Waals surface area contributed by atoms with Crippen LogP contribution >= 0.6 is 0 Å². The first-order valence-corrected chi connectivity index (χ1v) is 6.70. The number of carbonyl (C=O) groups excluding carboxylic acids is 3. The van der Waals surface area contributed by atoms with Crippen LogP contribution in [-0.4, -0.2) is 35.7 Å². The van der Waals surface area contributed by atoms with E-state index in [1.54, 1.807) is 0 Å². The highest BCUT2D eigenvalue weighted by Crippen LogP contribution is 2.24. The van der Waals surface area contributed by atoms with Gasteiger partial charge in [0.2, 0.25) is 11.8 Å². The van der Waals surface area contributed by atoms with Crippen molar-refractivity contribution in [3.8, 4) is 0 Å². The Bertz CT molecular complexity index is 361.